The molecule has 1 aliphatic heterocycles. The van der Waals surface area contributed by atoms with E-state index in [1.165, 1.54) is 12.8 Å². The molecule has 1 aromatic carbocycles. The van der Waals surface area contributed by atoms with Crippen molar-refractivity contribution in [3.63, 3.8) is 0 Å². The molecule has 0 radical (unpaired) electrons. The van der Waals surface area contributed by atoms with Crippen LogP contribution in [-0.2, 0) is 10.0 Å². The standard InChI is InChI=1S/C21H28N4O3S/c1-21(2)17(18(21)24-29(26,27)16-6-4-3-5-7-16)19-22-20(28-23-19)14-10-12-25(13-11-14)15-8-9-15/h3-7,14-15,17-18,24H,8-13H2,1-2H3/t17-,18-/m0/s1. The zero-order valence-corrected chi connectivity index (χ0v) is 17.7. The summed E-state index contributed by atoms with van der Waals surface area (Å²) in [6, 6.07) is 9.03. The molecule has 156 valence electrons. The van der Waals surface area contributed by atoms with Gasteiger partial charge in [0.05, 0.1) is 4.90 Å². The lowest BCUT2D eigenvalue weighted by Crippen LogP contribution is -2.34. The fourth-order valence-corrected chi connectivity index (χ4v) is 6.09. The summed E-state index contributed by atoms with van der Waals surface area (Å²) in [5.74, 6) is 1.57. The van der Waals surface area contributed by atoms with Crippen LogP contribution in [0.1, 0.15) is 63.1 Å². The maximum atomic E-state index is 12.7. The van der Waals surface area contributed by atoms with Gasteiger partial charge in [-0.05, 0) is 56.3 Å². The number of benzene rings is 1. The lowest BCUT2D eigenvalue weighted by molar-refractivity contribution is 0.186. The van der Waals surface area contributed by atoms with Gasteiger partial charge in [-0.15, -0.1) is 0 Å². The van der Waals surface area contributed by atoms with E-state index < -0.39 is 10.0 Å². The summed E-state index contributed by atoms with van der Waals surface area (Å²) in [5, 5.41) is 4.23. The van der Waals surface area contributed by atoms with E-state index in [1.54, 1.807) is 30.3 Å². The van der Waals surface area contributed by atoms with Crippen molar-refractivity contribution in [3.05, 3.63) is 42.0 Å². The minimum Gasteiger partial charge on any atom is -0.339 e. The summed E-state index contributed by atoms with van der Waals surface area (Å²) in [6.45, 7) is 6.28. The van der Waals surface area contributed by atoms with E-state index in [0.717, 1.165) is 32.0 Å². The first-order valence-electron chi connectivity index (χ1n) is 10.5. The van der Waals surface area contributed by atoms with Gasteiger partial charge >= 0.3 is 0 Å². The monoisotopic (exact) mass is 416 g/mol. The first-order chi connectivity index (χ1) is 13.9. The van der Waals surface area contributed by atoms with Gasteiger partial charge < -0.3 is 9.42 Å². The Labute approximate surface area is 171 Å². The average Bonchev–Trinajstić information content (AvgIpc) is 3.58. The average molecular weight is 417 g/mol. The van der Waals surface area contributed by atoms with Crippen LogP contribution in [0.4, 0.5) is 0 Å². The van der Waals surface area contributed by atoms with Crippen LogP contribution >= 0.6 is 0 Å². The maximum Gasteiger partial charge on any atom is 0.240 e. The molecule has 5 rings (SSSR count). The Morgan fingerprint density at radius 1 is 1.10 bits per heavy atom. The van der Waals surface area contributed by atoms with Gasteiger partial charge in [0.1, 0.15) is 0 Å². The van der Waals surface area contributed by atoms with Crippen LogP contribution in [0, 0.1) is 5.41 Å². The highest BCUT2D eigenvalue weighted by Crippen LogP contribution is 2.58. The van der Waals surface area contributed by atoms with Crippen LogP contribution in [0.5, 0.6) is 0 Å². The van der Waals surface area contributed by atoms with Crippen molar-refractivity contribution in [2.24, 2.45) is 5.41 Å². The molecule has 2 atom stereocenters. The first-order valence-corrected chi connectivity index (χ1v) is 12.0. The van der Waals surface area contributed by atoms with Gasteiger partial charge in [-0.1, -0.05) is 37.2 Å². The van der Waals surface area contributed by atoms with Crippen LogP contribution in [0.25, 0.3) is 0 Å². The normalized spacial score (nSPS) is 27.8. The Hall–Kier alpha value is -1.77. The number of rotatable bonds is 6. The number of hydrogen-bond acceptors (Lipinski definition) is 6. The Balaban J connectivity index is 1.27. The largest absolute Gasteiger partial charge is 0.339 e. The van der Waals surface area contributed by atoms with Gasteiger partial charge in [0, 0.05) is 23.9 Å². The minimum absolute atomic E-state index is 0.0787. The molecule has 0 bridgehead atoms. The lowest BCUT2D eigenvalue weighted by atomic mass is 9.96. The second kappa shape index (κ2) is 6.89. The molecule has 1 saturated heterocycles. The second-order valence-corrected chi connectivity index (χ2v) is 11.0. The number of piperidine rings is 1. The van der Waals surface area contributed by atoms with E-state index in [2.05, 4.69) is 14.8 Å². The SMILES string of the molecule is CC1(C)[C@H](c2noc(C3CCN(C4CC4)CC3)n2)[C@@H]1NS(=O)(=O)c1ccccc1. The third-order valence-corrected chi connectivity index (χ3v) is 8.30. The molecule has 2 heterocycles. The number of aromatic nitrogens is 2. The van der Waals surface area contributed by atoms with Gasteiger partial charge in [0.15, 0.2) is 5.82 Å². The molecular weight excluding hydrogens is 388 g/mol. The maximum absolute atomic E-state index is 12.7. The molecule has 0 spiro atoms. The number of hydrogen-bond donors (Lipinski definition) is 1. The van der Waals surface area contributed by atoms with Gasteiger partial charge in [0.2, 0.25) is 15.9 Å². The third kappa shape index (κ3) is 3.62. The summed E-state index contributed by atoms with van der Waals surface area (Å²) >= 11 is 0. The minimum atomic E-state index is -3.57. The summed E-state index contributed by atoms with van der Waals surface area (Å²) in [7, 11) is -3.57. The molecule has 29 heavy (non-hydrogen) atoms. The molecule has 1 N–H and O–H groups in total. The fraction of sp³-hybridized carbons (Fsp3) is 0.619. The highest BCUT2D eigenvalue weighted by atomic mass is 32.2. The van der Waals surface area contributed by atoms with Crippen molar-refractivity contribution < 1.29 is 12.9 Å². The smallest absolute Gasteiger partial charge is 0.240 e. The predicted octanol–water partition coefficient (Wildman–Crippen LogP) is 2.88. The molecule has 2 aromatic rings. The highest BCUT2D eigenvalue weighted by molar-refractivity contribution is 7.89. The van der Waals surface area contributed by atoms with Crippen LogP contribution in [0.2, 0.25) is 0 Å². The summed E-state index contributed by atoms with van der Waals surface area (Å²) in [6.07, 6.45) is 4.78. The van der Waals surface area contributed by atoms with Crippen LogP contribution in [0.15, 0.2) is 39.8 Å². The predicted molar refractivity (Wildman–Crippen MR) is 108 cm³/mol. The highest BCUT2D eigenvalue weighted by Gasteiger charge is 2.62. The molecule has 2 aliphatic carbocycles. The van der Waals surface area contributed by atoms with Crippen molar-refractivity contribution in [1.29, 1.82) is 0 Å². The molecule has 3 aliphatic rings. The van der Waals surface area contributed by atoms with Crippen molar-refractivity contribution in [3.8, 4) is 0 Å². The lowest BCUT2D eigenvalue weighted by Gasteiger charge is -2.30. The quantitative estimate of drug-likeness (QED) is 0.779. The van der Waals surface area contributed by atoms with E-state index in [1.807, 2.05) is 13.8 Å². The Bertz CT molecular complexity index is 976. The van der Waals surface area contributed by atoms with E-state index in [0.29, 0.717) is 17.6 Å². The van der Waals surface area contributed by atoms with Crippen molar-refractivity contribution in [2.45, 2.75) is 68.3 Å². The molecule has 0 amide bonds. The van der Waals surface area contributed by atoms with Crippen LogP contribution in [-0.4, -0.2) is 48.6 Å². The Kier molecular flexibility index (Phi) is 4.56. The third-order valence-electron chi connectivity index (χ3n) is 6.84. The number of nitrogens with one attached hydrogen (secondary N) is 1. The Morgan fingerprint density at radius 3 is 2.45 bits per heavy atom. The van der Waals surface area contributed by atoms with Crippen LogP contribution in [0.3, 0.4) is 0 Å². The van der Waals surface area contributed by atoms with Crippen molar-refractivity contribution in [1.82, 2.24) is 19.8 Å². The summed E-state index contributed by atoms with van der Waals surface area (Å²) in [5.41, 5.74) is -0.252. The molecule has 2 saturated carbocycles. The van der Waals surface area contributed by atoms with E-state index in [-0.39, 0.29) is 22.3 Å². The van der Waals surface area contributed by atoms with E-state index in [9.17, 15) is 8.42 Å². The number of nitrogens with zero attached hydrogens (tertiary/aromatic N) is 3. The zero-order chi connectivity index (χ0) is 20.2. The molecule has 1 aromatic heterocycles. The number of likely N-dealkylation sites (tertiary alicyclic amines) is 1. The summed E-state index contributed by atoms with van der Waals surface area (Å²) in [4.78, 5) is 7.55. The topological polar surface area (TPSA) is 88.3 Å². The first kappa shape index (κ1) is 19.2. The van der Waals surface area contributed by atoms with Gasteiger partial charge in [-0.2, -0.15) is 4.98 Å². The fourth-order valence-electron chi connectivity index (χ4n) is 4.67. The van der Waals surface area contributed by atoms with Gasteiger partial charge in [-0.3, -0.25) is 0 Å². The van der Waals surface area contributed by atoms with E-state index in [4.69, 9.17) is 9.51 Å². The molecule has 0 unspecified atom stereocenters. The molecule has 7 nitrogen and oxygen atoms in total. The Morgan fingerprint density at radius 2 is 1.79 bits per heavy atom. The second-order valence-electron chi connectivity index (χ2n) is 9.24. The number of sulfonamides is 1. The van der Waals surface area contributed by atoms with Crippen molar-refractivity contribution in [2.75, 3.05) is 13.1 Å². The molecular formula is C21H28N4O3S. The van der Waals surface area contributed by atoms with E-state index >= 15 is 0 Å². The summed E-state index contributed by atoms with van der Waals surface area (Å²) < 4.78 is 33.9. The van der Waals surface area contributed by atoms with Gasteiger partial charge in [0.25, 0.3) is 0 Å². The molecule has 8 heteroatoms. The van der Waals surface area contributed by atoms with Crippen molar-refractivity contribution >= 4 is 10.0 Å². The zero-order valence-electron chi connectivity index (χ0n) is 16.9. The molecule has 3 fully saturated rings. The van der Waals surface area contributed by atoms with Crippen LogP contribution < -0.4 is 4.72 Å². The van der Waals surface area contributed by atoms with Gasteiger partial charge in [-0.25, -0.2) is 13.1 Å².